The molecule has 0 unspecified atom stereocenters. The molecule has 14 heavy (non-hydrogen) atoms. The topological polar surface area (TPSA) is 63.6 Å². The number of carbonyl (C=O) groups excluding carboxylic acids is 1. The molecule has 1 N–H and O–H groups in total. The highest BCUT2D eigenvalue weighted by Gasteiger charge is 1.96. The fraction of sp³-hybridized carbons (Fsp3) is 0.400. The second-order valence-electron chi connectivity index (χ2n) is 2.19. The van der Waals surface area contributed by atoms with Crippen molar-refractivity contribution in [3.8, 4) is 0 Å². The van der Waals surface area contributed by atoms with Crippen molar-refractivity contribution < 1.29 is 19.4 Å². The Morgan fingerprint density at radius 3 is 2.36 bits per heavy atom. The van der Waals surface area contributed by atoms with Crippen LogP contribution in [0.1, 0.15) is 19.8 Å². The second kappa shape index (κ2) is 11.4. The van der Waals surface area contributed by atoms with Gasteiger partial charge in [-0.2, -0.15) is 0 Å². The van der Waals surface area contributed by atoms with Gasteiger partial charge in [0.2, 0.25) is 0 Å². The SMILES string of the molecule is C=C.CCCCOC(=O)C=CC(=O)O. The lowest BCUT2D eigenvalue weighted by molar-refractivity contribution is -0.138. The molecule has 4 heteroatoms. The molecule has 0 bridgehead atoms. The first-order valence-corrected chi connectivity index (χ1v) is 4.24. The van der Waals surface area contributed by atoms with Crippen LogP contribution in [-0.4, -0.2) is 23.7 Å². The zero-order valence-corrected chi connectivity index (χ0v) is 8.36. The van der Waals surface area contributed by atoms with Crippen molar-refractivity contribution in [2.45, 2.75) is 19.8 Å². The molecule has 0 radical (unpaired) electrons. The Morgan fingerprint density at radius 2 is 1.93 bits per heavy atom. The summed E-state index contributed by atoms with van der Waals surface area (Å²) in [5.74, 6) is -1.76. The lowest BCUT2D eigenvalue weighted by Gasteiger charge is -1.97. The van der Waals surface area contributed by atoms with E-state index in [4.69, 9.17) is 5.11 Å². The number of aliphatic carboxylic acids is 1. The third-order valence-corrected chi connectivity index (χ3v) is 1.10. The first kappa shape index (κ1) is 14.9. The average molecular weight is 200 g/mol. The van der Waals surface area contributed by atoms with Crippen molar-refractivity contribution in [1.82, 2.24) is 0 Å². The van der Waals surface area contributed by atoms with Gasteiger partial charge in [0.15, 0.2) is 0 Å². The molecule has 0 aliphatic rings. The summed E-state index contributed by atoms with van der Waals surface area (Å²) in [6.07, 6.45) is 3.40. The molecular weight excluding hydrogens is 184 g/mol. The molecule has 0 spiro atoms. The Morgan fingerprint density at radius 1 is 1.36 bits per heavy atom. The van der Waals surface area contributed by atoms with Crippen molar-refractivity contribution in [3.63, 3.8) is 0 Å². The van der Waals surface area contributed by atoms with Crippen LogP contribution in [-0.2, 0) is 14.3 Å². The molecule has 0 amide bonds. The van der Waals surface area contributed by atoms with Crippen LogP contribution in [0.25, 0.3) is 0 Å². The number of carbonyl (C=O) groups is 2. The zero-order valence-electron chi connectivity index (χ0n) is 8.36. The number of carboxylic acids is 1. The van der Waals surface area contributed by atoms with Gasteiger partial charge in [0.05, 0.1) is 6.61 Å². The largest absolute Gasteiger partial charge is 0.478 e. The van der Waals surface area contributed by atoms with Crippen molar-refractivity contribution in [3.05, 3.63) is 25.3 Å². The molecule has 0 rings (SSSR count). The minimum atomic E-state index is -1.15. The Kier molecular flexibility index (Phi) is 12.2. The van der Waals surface area contributed by atoms with Crippen LogP contribution in [0, 0.1) is 0 Å². The number of rotatable bonds is 5. The number of carboxylic acid groups (broad SMARTS) is 1. The maximum absolute atomic E-state index is 10.6. The summed E-state index contributed by atoms with van der Waals surface area (Å²) in [6.45, 7) is 8.32. The maximum Gasteiger partial charge on any atom is 0.331 e. The third-order valence-electron chi connectivity index (χ3n) is 1.10. The molecule has 0 aromatic rings. The van der Waals surface area contributed by atoms with E-state index in [1.165, 1.54) is 0 Å². The summed E-state index contributed by atoms with van der Waals surface area (Å²) in [5.41, 5.74) is 0. The van der Waals surface area contributed by atoms with E-state index in [1.54, 1.807) is 0 Å². The molecule has 0 heterocycles. The van der Waals surface area contributed by atoms with Crippen LogP contribution < -0.4 is 0 Å². The normalized spacial score (nSPS) is 8.93. The van der Waals surface area contributed by atoms with Crippen molar-refractivity contribution >= 4 is 11.9 Å². The number of esters is 1. The van der Waals surface area contributed by atoms with Gasteiger partial charge in [-0.3, -0.25) is 0 Å². The first-order valence-electron chi connectivity index (χ1n) is 4.24. The molecule has 80 valence electrons. The molecule has 0 fully saturated rings. The van der Waals surface area contributed by atoms with Crippen molar-refractivity contribution in [2.24, 2.45) is 0 Å². The van der Waals surface area contributed by atoms with E-state index in [-0.39, 0.29) is 0 Å². The van der Waals surface area contributed by atoms with Crippen LogP contribution >= 0.6 is 0 Å². The molecule has 0 aliphatic carbocycles. The minimum Gasteiger partial charge on any atom is -0.478 e. The van der Waals surface area contributed by atoms with Crippen molar-refractivity contribution in [1.29, 1.82) is 0 Å². The van der Waals surface area contributed by atoms with Crippen molar-refractivity contribution in [2.75, 3.05) is 6.61 Å². The van der Waals surface area contributed by atoms with Crippen LogP contribution in [0.15, 0.2) is 25.3 Å². The van der Waals surface area contributed by atoms with Gasteiger partial charge in [-0.1, -0.05) is 13.3 Å². The number of unbranched alkanes of at least 4 members (excludes halogenated alkanes) is 1. The Bertz CT molecular complexity index is 196. The second-order valence-corrected chi connectivity index (χ2v) is 2.19. The molecular formula is C10H16O4. The smallest absolute Gasteiger partial charge is 0.331 e. The number of ether oxygens (including phenoxy) is 1. The fourth-order valence-electron chi connectivity index (χ4n) is 0.505. The summed E-state index contributed by atoms with van der Waals surface area (Å²) in [7, 11) is 0. The monoisotopic (exact) mass is 200 g/mol. The Hall–Kier alpha value is -1.58. The van der Waals surface area contributed by atoms with Crippen LogP contribution in [0.5, 0.6) is 0 Å². The molecule has 0 aromatic carbocycles. The van der Waals surface area contributed by atoms with E-state index in [0.29, 0.717) is 6.61 Å². The summed E-state index contributed by atoms with van der Waals surface area (Å²) >= 11 is 0. The predicted octanol–water partition coefficient (Wildman–Crippen LogP) is 1.77. The average Bonchev–Trinajstić information content (AvgIpc) is 2.18. The third kappa shape index (κ3) is 13.0. The molecule has 0 saturated heterocycles. The fourth-order valence-corrected chi connectivity index (χ4v) is 0.505. The highest BCUT2D eigenvalue weighted by Crippen LogP contribution is 1.89. The molecule has 0 aromatic heterocycles. The standard InChI is InChI=1S/C8H12O4.C2H4/c1-2-3-6-12-8(11)5-4-7(9)10;1-2/h4-5H,2-3,6H2,1H3,(H,9,10);1-2H2. The summed E-state index contributed by atoms with van der Waals surface area (Å²) in [4.78, 5) is 20.6. The van der Waals surface area contributed by atoms with Gasteiger partial charge in [0.25, 0.3) is 0 Å². The quantitative estimate of drug-likeness (QED) is 0.318. The van der Waals surface area contributed by atoms with E-state index in [0.717, 1.165) is 25.0 Å². The van der Waals surface area contributed by atoms with E-state index >= 15 is 0 Å². The van der Waals surface area contributed by atoms with Crippen LogP contribution in [0.3, 0.4) is 0 Å². The molecule has 0 aliphatic heterocycles. The zero-order chi connectivity index (χ0) is 11.4. The van der Waals surface area contributed by atoms with Gasteiger partial charge in [-0.25, -0.2) is 9.59 Å². The predicted molar refractivity (Wildman–Crippen MR) is 53.9 cm³/mol. The Labute approximate surface area is 83.9 Å². The summed E-state index contributed by atoms with van der Waals surface area (Å²) in [6, 6.07) is 0. The lowest BCUT2D eigenvalue weighted by Crippen LogP contribution is -2.02. The van der Waals surface area contributed by atoms with E-state index in [2.05, 4.69) is 17.9 Å². The highest BCUT2D eigenvalue weighted by atomic mass is 16.5. The van der Waals surface area contributed by atoms with E-state index < -0.39 is 11.9 Å². The lowest BCUT2D eigenvalue weighted by atomic mass is 10.4. The van der Waals surface area contributed by atoms with Crippen LogP contribution in [0.2, 0.25) is 0 Å². The van der Waals surface area contributed by atoms with Gasteiger partial charge in [-0.05, 0) is 6.42 Å². The van der Waals surface area contributed by atoms with Gasteiger partial charge in [0, 0.05) is 12.2 Å². The molecule has 4 nitrogen and oxygen atoms in total. The summed E-state index contributed by atoms with van der Waals surface area (Å²) < 4.78 is 4.64. The number of hydrogen-bond acceptors (Lipinski definition) is 3. The maximum atomic E-state index is 10.6. The van der Waals surface area contributed by atoms with Gasteiger partial charge < -0.3 is 9.84 Å². The van der Waals surface area contributed by atoms with Gasteiger partial charge in [-0.15, -0.1) is 13.2 Å². The van der Waals surface area contributed by atoms with Gasteiger partial charge in [0.1, 0.15) is 0 Å². The first-order chi connectivity index (χ1) is 6.66. The molecule has 0 atom stereocenters. The van der Waals surface area contributed by atoms with E-state index in [9.17, 15) is 9.59 Å². The van der Waals surface area contributed by atoms with Gasteiger partial charge >= 0.3 is 11.9 Å². The number of hydrogen-bond donors (Lipinski definition) is 1. The highest BCUT2D eigenvalue weighted by molar-refractivity contribution is 5.90. The Balaban J connectivity index is 0. The van der Waals surface area contributed by atoms with Crippen LogP contribution in [0.4, 0.5) is 0 Å². The summed E-state index contributed by atoms with van der Waals surface area (Å²) in [5, 5.41) is 8.14. The molecule has 0 saturated carbocycles. The minimum absolute atomic E-state index is 0.347. The van der Waals surface area contributed by atoms with E-state index in [1.807, 2.05) is 6.92 Å².